The van der Waals surface area contributed by atoms with Crippen LogP contribution in [0.3, 0.4) is 0 Å². The number of hydrogen-bond donors (Lipinski definition) is 3. The molecule has 1 atom stereocenters. The molecular formula is C11H17N3O3. The van der Waals surface area contributed by atoms with Crippen molar-refractivity contribution in [3.63, 3.8) is 0 Å². The van der Waals surface area contributed by atoms with Crippen molar-refractivity contribution in [3.8, 4) is 0 Å². The fraction of sp³-hybridized carbons (Fsp3) is 0.545. The van der Waals surface area contributed by atoms with Crippen molar-refractivity contribution in [1.82, 2.24) is 9.97 Å². The summed E-state index contributed by atoms with van der Waals surface area (Å²) >= 11 is 0. The van der Waals surface area contributed by atoms with Crippen LogP contribution in [0.2, 0.25) is 0 Å². The Morgan fingerprint density at radius 3 is 2.53 bits per heavy atom. The minimum atomic E-state index is -0.598. The minimum Gasteiger partial charge on any atom is -0.320 e. The zero-order chi connectivity index (χ0) is 13.0. The quantitative estimate of drug-likeness (QED) is 0.721. The summed E-state index contributed by atoms with van der Waals surface area (Å²) in [6.07, 6.45) is 1.94. The zero-order valence-corrected chi connectivity index (χ0v) is 10.2. The highest BCUT2D eigenvalue weighted by molar-refractivity contribution is 5.91. The molecule has 0 aliphatic heterocycles. The number of carbonyl (C=O) groups is 1. The Kier molecular flexibility index (Phi) is 4.25. The lowest BCUT2D eigenvalue weighted by Gasteiger charge is -2.13. The smallest absolute Gasteiger partial charge is 0.320 e. The van der Waals surface area contributed by atoms with Gasteiger partial charge < -0.3 is 10.3 Å². The summed E-state index contributed by atoms with van der Waals surface area (Å²) in [5, 5.41) is 2.49. The second kappa shape index (κ2) is 5.47. The molecule has 0 aromatic carbocycles. The summed E-state index contributed by atoms with van der Waals surface area (Å²) in [5.41, 5.74) is -1.13. The van der Waals surface area contributed by atoms with Crippen molar-refractivity contribution in [1.29, 1.82) is 0 Å². The standard InChI is InChI=1S/C11H17N3O3/c1-6(2)4-7(3)9(15)13-8-5-12-11(17)14-10(8)16/h5-7H,4H2,1-3H3,(H,13,15)(H2,12,14,16,17)/t7-/m0/s1. The molecule has 94 valence electrons. The van der Waals surface area contributed by atoms with Crippen LogP contribution in [0.4, 0.5) is 5.69 Å². The molecule has 0 radical (unpaired) electrons. The van der Waals surface area contributed by atoms with Gasteiger partial charge in [-0.2, -0.15) is 0 Å². The van der Waals surface area contributed by atoms with E-state index < -0.39 is 11.2 Å². The maximum absolute atomic E-state index is 11.7. The molecule has 1 aromatic rings. The monoisotopic (exact) mass is 239 g/mol. The third-order valence-electron chi connectivity index (χ3n) is 2.35. The van der Waals surface area contributed by atoms with E-state index in [1.165, 1.54) is 6.20 Å². The van der Waals surface area contributed by atoms with Crippen molar-refractivity contribution in [2.45, 2.75) is 27.2 Å². The predicted molar refractivity (Wildman–Crippen MR) is 64.9 cm³/mol. The third-order valence-corrected chi connectivity index (χ3v) is 2.35. The van der Waals surface area contributed by atoms with Gasteiger partial charge in [0.05, 0.1) is 0 Å². The van der Waals surface area contributed by atoms with Crippen LogP contribution in [-0.2, 0) is 4.79 Å². The van der Waals surface area contributed by atoms with E-state index in [0.29, 0.717) is 5.92 Å². The molecule has 1 rings (SSSR count). The summed E-state index contributed by atoms with van der Waals surface area (Å²) in [7, 11) is 0. The summed E-state index contributed by atoms with van der Waals surface area (Å²) in [4.78, 5) is 38.2. The maximum atomic E-state index is 11.7. The first-order valence-corrected chi connectivity index (χ1v) is 5.53. The minimum absolute atomic E-state index is 0.0604. The number of carbonyl (C=O) groups excluding carboxylic acids is 1. The average molecular weight is 239 g/mol. The van der Waals surface area contributed by atoms with Gasteiger partial charge in [-0.25, -0.2) is 4.79 Å². The Labute approximate surface area is 98.5 Å². The van der Waals surface area contributed by atoms with Gasteiger partial charge in [-0.15, -0.1) is 0 Å². The third kappa shape index (κ3) is 3.90. The molecule has 3 N–H and O–H groups in total. The Morgan fingerprint density at radius 2 is 2.00 bits per heavy atom. The van der Waals surface area contributed by atoms with Gasteiger partial charge in [-0.3, -0.25) is 14.6 Å². The molecule has 0 aliphatic carbocycles. The highest BCUT2D eigenvalue weighted by atomic mass is 16.2. The van der Waals surface area contributed by atoms with Crippen molar-refractivity contribution in [2.24, 2.45) is 11.8 Å². The Hall–Kier alpha value is -1.85. The van der Waals surface area contributed by atoms with Crippen LogP contribution in [0.15, 0.2) is 15.8 Å². The van der Waals surface area contributed by atoms with Crippen molar-refractivity contribution in [3.05, 3.63) is 27.0 Å². The lowest BCUT2D eigenvalue weighted by molar-refractivity contribution is -0.119. The van der Waals surface area contributed by atoms with E-state index in [2.05, 4.69) is 10.3 Å². The van der Waals surface area contributed by atoms with Crippen molar-refractivity contribution in [2.75, 3.05) is 5.32 Å². The van der Waals surface area contributed by atoms with Gasteiger partial charge in [-0.1, -0.05) is 20.8 Å². The molecule has 0 unspecified atom stereocenters. The summed E-state index contributed by atoms with van der Waals surface area (Å²) < 4.78 is 0. The number of amides is 1. The van der Waals surface area contributed by atoms with E-state index in [-0.39, 0.29) is 17.5 Å². The van der Waals surface area contributed by atoms with Crippen molar-refractivity contribution < 1.29 is 4.79 Å². The summed E-state index contributed by atoms with van der Waals surface area (Å²) in [6.45, 7) is 5.85. The van der Waals surface area contributed by atoms with Gasteiger partial charge >= 0.3 is 5.69 Å². The van der Waals surface area contributed by atoms with Gasteiger partial charge in [0.15, 0.2) is 0 Å². The number of anilines is 1. The average Bonchev–Trinajstić information content (AvgIpc) is 2.21. The van der Waals surface area contributed by atoms with Crippen molar-refractivity contribution >= 4 is 11.6 Å². The first-order chi connectivity index (χ1) is 7.90. The zero-order valence-electron chi connectivity index (χ0n) is 10.2. The number of aromatic amines is 2. The van der Waals surface area contributed by atoms with Crippen LogP contribution in [-0.4, -0.2) is 15.9 Å². The normalized spacial score (nSPS) is 12.5. The van der Waals surface area contributed by atoms with E-state index in [1.54, 1.807) is 6.92 Å². The molecule has 0 aliphatic rings. The van der Waals surface area contributed by atoms with Gasteiger partial charge in [0.25, 0.3) is 5.56 Å². The van der Waals surface area contributed by atoms with Crippen LogP contribution in [0.5, 0.6) is 0 Å². The van der Waals surface area contributed by atoms with Gasteiger partial charge in [0, 0.05) is 12.1 Å². The lowest BCUT2D eigenvalue weighted by Crippen LogP contribution is -2.29. The van der Waals surface area contributed by atoms with Crippen LogP contribution < -0.4 is 16.6 Å². The van der Waals surface area contributed by atoms with Gasteiger partial charge in [0.2, 0.25) is 5.91 Å². The van der Waals surface area contributed by atoms with E-state index >= 15 is 0 Å². The number of aromatic nitrogens is 2. The highest BCUT2D eigenvalue weighted by Crippen LogP contribution is 2.12. The van der Waals surface area contributed by atoms with Crippen LogP contribution in [0.1, 0.15) is 27.2 Å². The number of hydrogen-bond acceptors (Lipinski definition) is 3. The first-order valence-electron chi connectivity index (χ1n) is 5.53. The first kappa shape index (κ1) is 13.2. The fourth-order valence-electron chi connectivity index (χ4n) is 1.57. The molecule has 6 nitrogen and oxygen atoms in total. The molecule has 0 saturated heterocycles. The number of nitrogens with one attached hydrogen (secondary N) is 3. The van der Waals surface area contributed by atoms with Crippen LogP contribution in [0, 0.1) is 11.8 Å². The van der Waals surface area contributed by atoms with E-state index in [0.717, 1.165) is 6.42 Å². The van der Waals surface area contributed by atoms with E-state index in [4.69, 9.17) is 0 Å². The Balaban J connectivity index is 2.74. The second-order valence-electron chi connectivity index (χ2n) is 4.51. The molecule has 0 bridgehead atoms. The molecule has 0 saturated carbocycles. The van der Waals surface area contributed by atoms with Gasteiger partial charge in [0.1, 0.15) is 5.69 Å². The maximum Gasteiger partial charge on any atom is 0.325 e. The van der Waals surface area contributed by atoms with Crippen LogP contribution in [0.25, 0.3) is 0 Å². The molecule has 1 aromatic heterocycles. The Bertz CT molecular complexity index is 501. The predicted octanol–water partition coefficient (Wildman–Crippen LogP) is 0.684. The second-order valence-corrected chi connectivity index (χ2v) is 4.51. The van der Waals surface area contributed by atoms with Crippen LogP contribution >= 0.6 is 0 Å². The largest absolute Gasteiger partial charge is 0.325 e. The number of H-pyrrole nitrogens is 2. The topological polar surface area (TPSA) is 94.8 Å². The molecule has 6 heteroatoms. The molecule has 1 amide bonds. The van der Waals surface area contributed by atoms with E-state index in [9.17, 15) is 14.4 Å². The molecule has 1 heterocycles. The fourth-order valence-corrected chi connectivity index (χ4v) is 1.57. The Morgan fingerprint density at radius 1 is 1.35 bits per heavy atom. The van der Waals surface area contributed by atoms with Gasteiger partial charge in [-0.05, 0) is 12.3 Å². The summed E-state index contributed by atoms with van der Waals surface area (Å²) in [6, 6.07) is 0. The SMILES string of the molecule is CC(C)C[C@H](C)C(=O)Nc1c[nH]c(=O)[nH]c1=O. The molecule has 17 heavy (non-hydrogen) atoms. The highest BCUT2D eigenvalue weighted by Gasteiger charge is 2.15. The lowest BCUT2D eigenvalue weighted by atomic mass is 9.98. The molecule has 0 spiro atoms. The van der Waals surface area contributed by atoms with E-state index in [1.807, 2.05) is 18.8 Å². The molecule has 0 fully saturated rings. The summed E-state index contributed by atoms with van der Waals surface area (Å²) in [5.74, 6) is 0.00203. The molecular weight excluding hydrogens is 222 g/mol. The number of rotatable bonds is 4.